The molecule has 3 heterocycles. The second kappa shape index (κ2) is 6.43. The number of H-pyrrole nitrogens is 1. The van der Waals surface area contributed by atoms with Crippen LogP contribution in [0.3, 0.4) is 0 Å². The van der Waals surface area contributed by atoms with E-state index in [-0.39, 0.29) is 12.0 Å². The molecule has 0 radical (unpaired) electrons. The molecule has 1 fully saturated rings. The first kappa shape index (κ1) is 16.4. The zero-order chi connectivity index (χ0) is 18.4. The Hall–Kier alpha value is -2.79. The third-order valence-corrected chi connectivity index (χ3v) is 5.79. The first-order valence-electron chi connectivity index (χ1n) is 9.38. The summed E-state index contributed by atoms with van der Waals surface area (Å²) in [7, 11) is 1.68. The van der Waals surface area contributed by atoms with Gasteiger partial charge in [0.25, 0.3) is 0 Å². The molecule has 5 heteroatoms. The van der Waals surface area contributed by atoms with Crippen molar-refractivity contribution in [2.45, 2.75) is 25.0 Å². The molecule has 1 aromatic heterocycles. The lowest BCUT2D eigenvalue weighted by molar-refractivity contribution is -0.151. The Bertz CT molecular complexity index is 995. The highest BCUT2D eigenvalue weighted by Gasteiger charge is 2.44. The van der Waals surface area contributed by atoms with Gasteiger partial charge in [-0.1, -0.05) is 30.3 Å². The molecular weight excluding hydrogens is 340 g/mol. The number of rotatable bonds is 4. The standard InChI is InChI=1S/C22H22N2O3/c1-26-16-7-8-18-17(11-16)19-15-9-10-24(12-15)21(20(19)23-18)22(25)27-13-14-5-3-2-4-6-14/h2-8,11,15,21,23H,9-10,12-13H2,1H3. The van der Waals surface area contributed by atoms with Crippen LogP contribution in [0.5, 0.6) is 5.75 Å². The first-order chi connectivity index (χ1) is 13.2. The van der Waals surface area contributed by atoms with E-state index in [9.17, 15) is 4.79 Å². The molecule has 0 aliphatic carbocycles. The fourth-order valence-electron chi connectivity index (χ4n) is 4.51. The van der Waals surface area contributed by atoms with Crippen LogP contribution in [0.4, 0.5) is 0 Å². The number of nitrogens with one attached hydrogen (secondary N) is 1. The third kappa shape index (κ3) is 2.70. The van der Waals surface area contributed by atoms with E-state index in [1.54, 1.807) is 7.11 Å². The highest BCUT2D eigenvalue weighted by molar-refractivity contribution is 5.90. The van der Waals surface area contributed by atoms with Crippen molar-refractivity contribution in [2.75, 3.05) is 20.2 Å². The minimum atomic E-state index is -0.360. The molecular formula is C22H22N2O3. The first-order valence-corrected chi connectivity index (χ1v) is 9.38. The number of carbonyl (C=O) groups is 1. The van der Waals surface area contributed by atoms with Crippen LogP contribution in [0.1, 0.15) is 35.2 Å². The third-order valence-electron chi connectivity index (χ3n) is 5.79. The van der Waals surface area contributed by atoms with E-state index < -0.39 is 0 Å². The SMILES string of the molecule is COc1ccc2[nH]c3c(c2c1)C1CCN(C1)C3C(=O)OCc1ccccc1. The van der Waals surface area contributed by atoms with E-state index in [0.29, 0.717) is 12.5 Å². The zero-order valence-electron chi connectivity index (χ0n) is 15.3. The Morgan fingerprint density at radius 1 is 1.22 bits per heavy atom. The average Bonchev–Trinajstić information content (AvgIpc) is 3.29. The van der Waals surface area contributed by atoms with Gasteiger partial charge in [0, 0.05) is 29.1 Å². The van der Waals surface area contributed by atoms with Crippen LogP contribution >= 0.6 is 0 Å². The number of hydrogen-bond donors (Lipinski definition) is 1. The number of carbonyl (C=O) groups excluding carboxylic acids is 1. The lowest BCUT2D eigenvalue weighted by Crippen LogP contribution is -2.37. The lowest BCUT2D eigenvalue weighted by Gasteiger charge is -2.30. The Balaban J connectivity index is 1.50. The molecule has 138 valence electrons. The van der Waals surface area contributed by atoms with Crippen LogP contribution in [0.25, 0.3) is 10.9 Å². The summed E-state index contributed by atoms with van der Waals surface area (Å²) >= 11 is 0. The zero-order valence-corrected chi connectivity index (χ0v) is 15.3. The minimum Gasteiger partial charge on any atom is -0.497 e. The number of esters is 1. The number of methoxy groups -OCH3 is 1. The molecule has 5 rings (SSSR count). The smallest absolute Gasteiger partial charge is 0.329 e. The Kier molecular flexibility index (Phi) is 3.90. The number of hydrogen-bond acceptors (Lipinski definition) is 4. The van der Waals surface area contributed by atoms with E-state index in [0.717, 1.165) is 47.4 Å². The number of aromatic nitrogens is 1. The second-order valence-electron chi connectivity index (χ2n) is 7.34. The van der Waals surface area contributed by atoms with Gasteiger partial charge in [0.2, 0.25) is 0 Å². The van der Waals surface area contributed by atoms with Crippen molar-refractivity contribution < 1.29 is 14.3 Å². The summed E-state index contributed by atoms with van der Waals surface area (Å²) in [4.78, 5) is 18.8. The minimum absolute atomic E-state index is 0.182. The Morgan fingerprint density at radius 3 is 2.89 bits per heavy atom. The highest BCUT2D eigenvalue weighted by atomic mass is 16.5. The van der Waals surface area contributed by atoms with Gasteiger partial charge in [-0.25, -0.2) is 4.79 Å². The molecule has 2 aliphatic heterocycles. The summed E-state index contributed by atoms with van der Waals surface area (Å²) in [5.41, 5.74) is 4.31. The van der Waals surface area contributed by atoms with Gasteiger partial charge < -0.3 is 14.5 Å². The lowest BCUT2D eigenvalue weighted by atomic mass is 9.90. The van der Waals surface area contributed by atoms with Crippen LogP contribution in [-0.4, -0.2) is 36.1 Å². The van der Waals surface area contributed by atoms with Gasteiger partial charge in [0.1, 0.15) is 18.4 Å². The molecule has 2 aliphatic rings. The molecule has 0 amide bonds. The van der Waals surface area contributed by atoms with Crippen LogP contribution in [0.15, 0.2) is 48.5 Å². The molecule has 1 saturated heterocycles. The van der Waals surface area contributed by atoms with Crippen LogP contribution in [-0.2, 0) is 16.1 Å². The summed E-state index contributed by atoms with van der Waals surface area (Å²) in [5, 5.41) is 1.16. The van der Waals surface area contributed by atoms with Crippen molar-refractivity contribution in [3.8, 4) is 5.75 Å². The summed E-state index contributed by atoms with van der Waals surface area (Å²) in [6, 6.07) is 15.5. The highest BCUT2D eigenvalue weighted by Crippen LogP contribution is 2.46. The molecule has 2 aromatic carbocycles. The molecule has 27 heavy (non-hydrogen) atoms. The number of nitrogens with zero attached hydrogens (tertiary/aromatic N) is 1. The summed E-state index contributed by atoms with van der Waals surface area (Å²) in [6.07, 6.45) is 1.07. The molecule has 3 aromatic rings. The van der Waals surface area contributed by atoms with Crippen molar-refractivity contribution in [3.05, 3.63) is 65.4 Å². The van der Waals surface area contributed by atoms with E-state index in [2.05, 4.69) is 16.0 Å². The number of ether oxygens (including phenoxy) is 2. The molecule has 0 saturated carbocycles. The molecule has 5 nitrogen and oxygen atoms in total. The van der Waals surface area contributed by atoms with Crippen molar-refractivity contribution in [1.29, 1.82) is 0 Å². The molecule has 0 spiro atoms. The van der Waals surface area contributed by atoms with Gasteiger partial charge in [-0.05, 0) is 42.3 Å². The van der Waals surface area contributed by atoms with Crippen molar-refractivity contribution in [2.24, 2.45) is 0 Å². The van der Waals surface area contributed by atoms with Crippen molar-refractivity contribution in [3.63, 3.8) is 0 Å². The fourth-order valence-corrected chi connectivity index (χ4v) is 4.51. The van der Waals surface area contributed by atoms with Crippen LogP contribution < -0.4 is 4.74 Å². The quantitative estimate of drug-likeness (QED) is 0.718. The van der Waals surface area contributed by atoms with Crippen LogP contribution in [0.2, 0.25) is 0 Å². The summed E-state index contributed by atoms with van der Waals surface area (Å²) in [5.74, 6) is 1.12. The maximum Gasteiger partial charge on any atom is 0.329 e. The van der Waals surface area contributed by atoms with E-state index in [1.165, 1.54) is 5.56 Å². The van der Waals surface area contributed by atoms with Gasteiger partial charge in [-0.15, -0.1) is 0 Å². The number of fused-ring (bicyclic) bond motifs is 6. The number of benzene rings is 2. The van der Waals surface area contributed by atoms with Gasteiger partial charge in [0.15, 0.2) is 0 Å². The monoisotopic (exact) mass is 362 g/mol. The van der Waals surface area contributed by atoms with Gasteiger partial charge in [0.05, 0.1) is 7.11 Å². The molecule has 2 bridgehead atoms. The van der Waals surface area contributed by atoms with Crippen LogP contribution in [0, 0.1) is 0 Å². The van der Waals surface area contributed by atoms with Gasteiger partial charge in [-0.3, -0.25) is 4.90 Å². The Morgan fingerprint density at radius 2 is 2.07 bits per heavy atom. The molecule has 1 N–H and O–H groups in total. The van der Waals surface area contributed by atoms with Gasteiger partial charge in [-0.2, -0.15) is 0 Å². The fraction of sp³-hybridized carbons (Fsp3) is 0.318. The normalized spacial score (nSPS) is 23.2. The van der Waals surface area contributed by atoms with E-state index in [4.69, 9.17) is 9.47 Å². The predicted molar refractivity (Wildman–Crippen MR) is 103 cm³/mol. The Labute approximate surface area is 157 Å². The maximum atomic E-state index is 13.0. The van der Waals surface area contributed by atoms with Gasteiger partial charge >= 0.3 is 5.97 Å². The average molecular weight is 362 g/mol. The molecule has 3 unspecified atom stereocenters. The molecule has 3 atom stereocenters. The predicted octanol–water partition coefficient (Wildman–Crippen LogP) is 3.76. The summed E-state index contributed by atoms with van der Waals surface area (Å²) in [6.45, 7) is 2.13. The van der Waals surface area contributed by atoms with Crippen molar-refractivity contribution in [1.82, 2.24) is 9.88 Å². The number of aromatic amines is 1. The topological polar surface area (TPSA) is 54.6 Å². The van der Waals surface area contributed by atoms with E-state index in [1.807, 2.05) is 42.5 Å². The van der Waals surface area contributed by atoms with E-state index >= 15 is 0 Å². The summed E-state index contributed by atoms with van der Waals surface area (Å²) < 4.78 is 11.1. The van der Waals surface area contributed by atoms with Crippen molar-refractivity contribution >= 4 is 16.9 Å². The maximum absolute atomic E-state index is 13.0. The second-order valence-corrected chi connectivity index (χ2v) is 7.34. The largest absolute Gasteiger partial charge is 0.497 e.